The van der Waals surface area contributed by atoms with Crippen molar-refractivity contribution in [3.63, 3.8) is 0 Å². The number of rotatable bonds is 7. The van der Waals surface area contributed by atoms with Crippen molar-refractivity contribution in [3.8, 4) is 0 Å². The highest BCUT2D eigenvalue weighted by Gasteiger charge is 2.72. The number of aliphatic hydroxyl groups is 5. The normalized spacial score (nSPS) is 49.7. The molecule has 6 fully saturated rings. The summed E-state index contributed by atoms with van der Waals surface area (Å²) in [4.78, 5) is 0. The van der Waals surface area contributed by atoms with E-state index in [-0.39, 0.29) is 64.2 Å². The van der Waals surface area contributed by atoms with E-state index in [1.165, 1.54) is 31.9 Å². The monoisotopic (exact) mass is 737 g/mol. The van der Waals surface area contributed by atoms with Gasteiger partial charge in [0.2, 0.25) is 0 Å². The number of fused-ring (bicyclic) bond motifs is 5. The lowest BCUT2D eigenvalue weighted by Crippen LogP contribution is -2.69. The Kier molecular flexibility index (Phi) is 12.9. The van der Waals surface area contributed by atoms with Crippen molar-refractivity contribution < 1.29 is 44.5 Å². The van der Waals surface area contributed by atoms with Gasteiger partial charge in [-0.2, -0.15) is 0 Å². The molecule has 0 radical (unpaired) electrons. The van der Waals surface area contributed by atoms with Crippen molar-refractivity contribution in [2.24, 2.45) is 45.3 Å². The van der Waals surface area contributed by atoms with Crippen molar-refractivity contribution in [2.45, 2.75) is 207 Å². The van der Waals surface area contributed by atoms with E-state index in [9.17, 15) is 25.5 Å². The molecule has 0 amide bonds. The van der Waals surface area contributed by atoms with Crippen LogP contribution in [0.25, 0.3) is 0 Å². The van der Waals surface area contributed by atoms with Crippen molar-refractivity contribution in [1.82, 2.24) is 0 Å². The summed E-state index contributed by atoms with van der Waals surface area (Å²) in [6.07, 6.45) is 9.39. The van der Waals surface area contributed by atoms with Crippen molar-refractivity contribution in [2.75, 3.05) is 7.11 Å². The van der Waals surface area contributed by atoms with E-state index in [0.29, 0.717) is 31.1 Å². The minimum Gasteiger partial charge on any atom is -0.393 e. The highest BCUT2D eigenvalue weighted by Crippen LogP contribution is 2.76. The molecule has 2 heterocycles. The third-order valence-electron chi connectivity index (χ3n) is 15.6. The SMILES string of the molecule is CC(C)=CCCC(C)(O)[C@H]1CC[C@]2(C)[C@@H]1C(O)C[C@@H]1[C@@]3(C)CCCC(C)(C)[C@@H]3[C@@H](O[C@H]3C[C@@H](O)CC(C)O3)C[C@]12C.CO[C@H]1OC(C)C[C@@H](O)[C@@H]1O. The fraction of sp³-hybridized carbons (Fsp3) is 0.953. The average molecular weight is 737 g/mol. The smallest absolute Gasteiger partial charge is 0.185 e. The van der Waals surface area contributed by atoms with Crippen LogP contribution in [0.2, 0.25) is 0 Å². The van der Waals surface area contributed by atoms with Gasteiger partial charge in [0.25, 0.3) is 0 Å². The molecule has 2 saturated heterocycles. The molecule has 0 spiro atoms. The summed E-state index contributed by atoms with van der Waals surface area (Å²) >= 11 is 0. The van der Waals surface area contributed by atoms with Gasteiger partial charge in [-0.15, -0.1) is 0 Å². The highest BCUT2D eigenvalue weighted by molar-refractivity contribution is 5.21. The van der Waals surface area contributed by atoms with E-state index in [1.807, 2.05) is 20.8 Å². The number of methoxy groups -OCH3 is 1. The van der Waals surface area contributed by atoms with Crippen LogP contribution in [-0.4, -0.2) is 93.6 Å². The van der Waals surface area contributed by atoms with E-state index < -0.39 is 30.2 Å². The van der Waals surface area contributed by atoms with E-state index in [0.717, 1.165) is 38.5 Å². The summed E-state index contributed by atoms with van der Waals surface area (Å²) in [7, 11) is 1.44. The largest absolute Gasteiger partial charge is 0.393 e. The van der Waals surface area contributed by atoms with Gasteiger partial charge in [-0.1, -0.05) is 52.7 Å². The Morgan fingerprint density at radius 2 is 1.54 bits per heavy atom. The molecule has 9 nitrogen and oxygen atoms in total. The standard InChI is InChI=1S/C36H62O5.C7H14O4/c1-22(2)12-10-16-36(9,39)25-13-17-34(7)30(25)26(38)20-28-33(6)15-11-14-32(4,5)31(33)27(21-35(28,34)8)41-29-19-24(37)18-23(3)40-29;1-4-3-5(8)6(9)7(10-2)11-4/h12,23-31,37-39H,10-11,13-21H2,1-9H3;4-9H,3H2,1-2H3/t23?,24-,25-,26?,27-,28+,29-,30-,31-,33+,34+,35+,36?;4?,5-,6+,7+/m01/s1. The highest BCUT2D eigenvalue weighted by atomic mass is 16.7. The summed E-state index contributed by atoms with van der Waals surface area (Å²) in [6, 6.07) is 0. The minimum absolute atomic E-state index is 0.00249. The molecule has 0 bridgehead atoms. The summed E-state index contributed by atoms with van der Waals surface area (Å²) in [5.41, 5.74) is 0.567. The van der Waals surface area contributed by atoms with Crippen LogP contribution < -0.4 is 0 Å². The van der Waals surface area contributed by atoms with Crippen molar-refractivity contribution in [1.29, 1.82) is 0 Å². The molecule has 6 aliphatic rings. The predicted molar refractivity (Wildman–Crippen MR) is 202 cm³/mol. The van der Waals surface area contributed by atoms with Crippen LogP contribution in [-0.2, 0) is 18.9 Å². The zero-order valence-electron chi connectivity index (χ0n) is 34.4. The average Bonchev–Trinajstić information content (AvgIpc) is 3.40. The van der Waals surface area contributed by atoms with E-state index in [2.05, 4.69) is 54.5 Å². The first-order chi connectivity index (χ1) is 24.1. The molecule has 0 aromatic heterocycles. The van der Waals surface area contributed by atoms with Crippen molar-refractivity contribution >= 4 is 0 Å². The Morgan fingerprint density at radius 3 is 2.17 bits per heavy atom. The molecule has 0 aromatic carbocycles. The Labute approximate surface area is 315 Å². The lowest BCUT2D eigenvalue weighted by atomic mass is 9.34. The molecule has 302 valence electrons. The molecule has 5 N–H and O–H groups in total. The zero-order valence-corrected chi connectivity index (χ0v) is 34.4. The lowest BCUT2D eigenvalue weighted by Gasteiger charge is -2.71. The topological polar surface area (TPSA) is 138 Å². The molecule has 17 atom stereocenters. The number of aliphatic hydroxyl groups excluding tert-OH is 4. The molecule has 9 heteroatoms. The predicted octanol–water partition coefficient (Wildman–Crippen LogP) is 6.90. The second-order valence-corrected chi connectivity index (χ2v) is 20.1. The molecule has 6 rings (SSSR count). The van der Waals surface area contributed by atoms with E-state index in [1.54, 1.807) is 0 Å². The van der Waals surface area contributed by atoms with Crippen LogP contribution in [0.15, 0.2) is 11.6 Å². The maximum atomic E-state index is 12.1. The third-order valence-corrected chi connectivity index (χ3v) is 15.6. The number of allylic oxidation sites excluding steroid dienone is 2. The fourth-order valence-electron chi connectivity index (χ4n) is 13.2. The van der Waals surface area contributed by atoms with Gasteiger partial charge < -0.3 is 44.5 Å². The van der Waals surface area contributed by atoms with E-state index in [4.69, 9.17) is 18.9 Å². The Morgan fingerprint density at radius 1 is 0.865 bits per heavy atom. The van der Waals surface area contributed by atoms with Gasteiger partial charge >= 0.3 is 0 Å². The van der Waals surface area contributed by atoms with Crippen LogP contribution in [0.1, 0.15) is 146 Å². The maximum absolute atomic E-state index is 12.1. The minimum atomic E-state index is -0.920. The number of hydrogen-bond donors (Lipinski definition) is 5. The zero-order chi connectivity index (χ0) is 38.6. The van der Waals surface area contributed by atoms with Crippen LogP contribution >= 0.6 is 0 Å². The van der Waals surface area contributed by atoms with Gasteiger partial charge in [-0.25, -0.2) is 0 Å². The van der Waals surface area contributed by atoms with Crippen molar-refractivity contribution in [3.05, 3.63) is 11.6 Å². The maximum Gasteiger partial charge on any atom is 0.185 e. The van der Waals surface area contributed by atoms with Crippen LogP contribution in [0.4, 0.5) is 0 Å². The molecule has 52 heavy (non-hydrogen) atoms. The Balaban J connectivity index is 0.000000407. The first-order valence-electron chi connectivity index (χ1n) is 20.7. The molecule has 2 aliphatic heterocycles. The second kappa shape index (κ2) is 15.7. The third kappa shape index (κ3) is 7.98. The van der Waals surface area contributed by atoms with Crippen LogP contribution in [0, 0.1) is 45.3 Å². The first kappa shape index (κ1) is 42.5. The van der Waals surface area contributed by atoms with Gasteiger partial charge in [0.1, 0.15) is 6.10 Å². The second-order valence-electron chi connectivity index (χ2n) is 20.1. The summed E-state index contributed by atoms with van der Waals surface area (Å²) in [5, 5.41) is 53.0. The Bertz CT molecular complexity index is 1220. The Hall–Kier alpha value is -0.620. The van der Waals surface area contributed by atoms with E-state index >= 15 is 0 Å². The summed E-state index contributed by atoms with van der Waals surface area (Å²) in [5.74, 6) is 0.949. The molecule has 4 aliphatic carbocycles. The number of hydrogen-bond acceptors (Lipinski definition) is 9. The first-order valence-corrected chi connectivity index (χ1v) is 20.7. The van der Waals surface area contributed by atoms with Gasteiger partial charge in [0.05, 0.1) is 42.2 Å². The van der Waals surface area contributed by atoms with Gasteiger partial charge in [-0.3, -0.25) is 0 Å². The van der Waals surface area contributed by atoms with Gasteiger partial charge in [-0.05, 0) is 138 Å². The lowest BCUT2D eigenvalue weighted by molar-refractivity contribution is -0.307. The fourth-order valence-corrected chi connectivity index (χ4v) is 13.2. The summed E-state index contributed by atoms with van der Waals surface area (Å²) < 4.78 is 23.3. The molecule has 0 aromatic rings. The molecular formula is C43H76O9. The van der Waals surface area contributed by atoms with Gasteiger partial charge in [0.15, 0.2) is 12.6 Å². The number of ether oxygens (including phenoxy) is 4. The van der Waals surface area contributed by atoms with Crippen LogP contribution in [0.3, 0.4) is 0 Å². The quantitative estimate of drug-likeness (QED) is 0.140. The summed E-state index contributed by atoms with van der Waals surface area (Å²) in [6.45, 7) is 22.5. The molecule has 4 saturated carbocycles. The van der Waals surface area contributed by atoms with Gasteiger partial charge in [0, 0.05) is 20.0 Å². The van der Waals surface area contributed by atoms with Crippen LogP contribution in [0.5, 0.6) is 0 Å². The molecule has 4 unspecified atom stereocenters. The molecular weight excluding hydrogens is 660 g/mol.